The van der Waals surface area contributed by atoms with E-state index in [0.29, 0.717) is 39.4 Å². The number of nitrogens with two attached hydrogens (primary N) is 1. The number of amidine groups is 1. The molecule has 0 saturated carbocycles. The molecule has 0 radical (unpaired) electrons. The van der Waals surface area contributed by atoms with E-state index in [2.05, 4.69) is 11.1 Å². The number of carbonyl (C=O) groups is 1. The molecule has 1 aromatic carbocycles. The molecule has 1 aromatic rings. The van der Waals surface area contributed by atoms with Gasteiger partial charge in [0.2, 0.25) is 0 Å². The number of benzene rings is 1. The molecule has 0 spiro atoms. The predicted octanol–water partition coefficient (Wildman–Crippen LogP) is 3.04. The smallest absolute Gasteiger partial charge is 0.338 e. The predicted molar refractivity (Wildman–Crippen MR) is 110 cm³/mol. The standard InChI is InChI=1S/C20H22N4O4S/c1-5-27-14-9-12(7-8-13(14)26-4)17-16(19(25)28-6-2)11(3)23-20-24(17)18(22)15(10-21)29-20/h7-9,17H,5-6,22H2,1-4H3/t17-/m1/s1. The molecule has 3 rings (SSSR count). The normalized spacial score (nSPS) is 18.2. The van der Waals surface area contributed by atoms with Crippen molar-refractivity contribution in [3.8, 4) is 17.6 Å². The first-order chi connectivity index (χ1) is 14.0. The van der Waals surface area contributed by atoms with Gasteiger partial charge in [0.15, 0.2) is 16.7 Å². The molecule has 0 aromatic heterocycles. The van der Waals surface area contributed by atoms with Gasteiger partial charge in [-0.3, -0.25) is 4.90 Å². The van der Waals surface area contributed by atoms with Crippen LogP contribution in [0, 0.1) is 11.3 Å². The second kappa shape index (κ2) is 8.49. The minimum absolute atomic E-state index is 0.231. The van der Waals surface area contributed by atoms with Crippen LogP contribution < -0.4 is 15.2 Å². The molecule has 0 bridgehead atoms. The highest BCUT2D eigenvalue weighted by atomic mass is 32.2. The Morgan fingerprint density at radius 1 is 1.34 bits per heavy atom. The van der Waals surface area contributed by atoms with Gasteiger partial charge < -0.3 is 19.9 Å². The highest BCUT2D eigenvalue weighted by molar-refractivity contribution is 8.17. The molecule has 152 valence electrons. The Morgan fingerprint density at radius 2 is 2.10 bits per heavy atom. The number of nitriles is 1. The number of hydrogen-bond acceptors (Lipinski definition) is 9. The zero-order valence-corrected chi connectivity index (χ0v) is 17.5. The molecular weight excluding hydrogens is 392 g/mol. The maximum Gasteiger partial charge on any atom is 0.338 e. The Kier molecular flexibility index (Phi) is 6.03. The summed E-state index contributed by atoms with van der Waals surface area (Å²) < 4.78 is 16.4. The lowest BCUT2D eigenvalue weighted by Gasteiger charge is -2.35. The van der Waals surface area contributed by atoms with E-state index < -0.39 is 12.0 Å². The van der Waals surface area contributed by atoms with Crippen LogP contribution in [-0.4, -0.2) is 36.4 Å². The van der Waals surface area contributed by atoms with Gasteiger partial charge in [0.25, 0.3) is 0 Å². The Balaban J connectivity index is 2.19. The second-order valence-electron chi connectivity index (χ2n) is 6.16. The number of carbonyl (C=O) groups excluding carboxylic acids is 1. The van der Waals surface area contributed by atoms with E-state index in [0.717, 1.165) is 5.56 Å². The van der Waals surface area contributed by atoms with Crippen molar-refractivity contribution in [2.45, 2.75) is 26.8 Å². The third kappa shape index (κ3) is 3.63. The maximum atomic E-state index is 12.8. The van der Waals surface area contributed by atoms with Gasteiger partial charge in [0.1, 0.15) is 16.8 Å². The number of aliphatic imine (C=N–C) groups is 1. The second-order valence-corrected chi connectivity index (χ2v) is 7.14. The van der Waals surface area contributed by atoms with Crippen molar-refractivity contribution in [1.29, 1.82) is 5.26 Å². The number of nitrogens with zero attached hydrogens (tertiary/aromatic N) is 3. The van der Waals surface area contributed by atoms with Crippen LogP contribution in [0.4, 0.5) is 0 Å². The molecule has 8 nitrogen and oxygen atoms in total. The van der Waals surface area contributed by atoms with Gasteiger partial charge in [-0.2, -0.15) is 5.26 Å². The van der Waals surface area contributed by atoms with Crippen molar-refractivity contribution in [2.24, 2.45) is 10.7 Å². The van der Waals surface area contributed by atoms with Crippen molar-refractivity contribution in [1.82, 2.24) is 4.90 Å². The van der Waals surface area contributed by atoms with E-state index in [1.165, 1.54) is 11.8 Å². The zero-order valence-electron chi connectivity index (χ0n) is 16.7. The molecule has 0 amide bonds. The van der Waals surface area contributed by atoms with Gasteiger partial charge in [-0.05, 0) is 50.2 Å². The van der Waals surface area contributed by atoms with Gasteiger partial charge in [-0.25, -0.2) is 9.79 Å². The van der Waals surface area contributed by atoms with E-state index in [-0.39, 0.29) is 12.4 Å². The third-order valence-electron chi connectivity index (χ3n) is 4.48. The molecule has 2 aliphatic rings. The van der Waals surface area contributed by atoms with Crippen molar-refractivity contribution in [3.05, 3.63) is 45.8 Å². The number of hydrogen-bond donors (Lipinski definition) is 1. The average molecular weight is 414 g/mol. The Labute approximate surface area is 173 Å². The summed E-state index contributed by atoms with van der Waals surface area (Å²) in [5.41, 5.74) is 7.89. The van der Waals surface area contributed by atoms with Crippen LogP contribution in [0.1, 0.15) is 32.4 Å². The molecule has 1 atom stereocenters. The van der Waals surface area contributed by atoms with Crippen LogP contribution >= 0.6 is 11.8 Å². The van der Waals surface area contributed by atoms with Crippen molar-refractivity contribution in [2.75, 3.05) is 20.3 Å². The van der Waals surface area contributed by atoms with Crippen molar-refractivity contribution < 1.29 is 19.0 Å². The number of rotatable bonds is 6. The summed E-state index contributed by atoms with van der Waals surface area (Å²) in [4.78, 5) is 19.3. The van der Waals surface area contributed by atoms with Crippen LogP contribution in [0.5, 0.6) is 11.5 Å². The molecule has 2 heterocycles. The van der Waals surface area contributed by atoms with Crippen LogP contribution in [0.25, 0.3) is 0 Å². The van der Waals surface area contributed by atoms with E-state index in [4.69, 9.17) is 19.9 Å². The van der Waals surface area contributed by atoms with Gasteiger partial charge in [-0.1, -0.05) is 6.07 Å². The summed E-state index contributed by atoms with van der Waals surface area (Å²) in [6.07, 6.45) is 0. The first-order valence-corrected chi connectivity index (χ1v) is 9.92. The average Bonchev–Trinajstić information content (AvgIpc) is 3.02. The number of thioether (sulfide) groups is 1. The van der Waals surface area contributed by atoms with Crippen LogP contribution in [0.3, 0.4) is 0 Å². The lowest BCUT2D eigenvalue weighted by Crippen LogP contribution is -2.38. The number of allylic oxidation sites excluding steroid dienone is 2. The molecule has 2 aliphatic heterocycles. The molecule has 29 heavy (non-hydrogen) atoms. The topological polar surface area (TPSA) is 110 Å². The number of methoxy groups -OCH3 is 1. The van der Waals surface area contributed by atoms with Gasteiger partial charge in [0.05, 0.1) is 37.6 Å². The molecular formula is C20H22N4O4S. The Bertz CT molecular complexity index is 977. The molecule has 0 fully saturated rings. The lowest BCUT2D eigenvalue weighted by atomic mass is 9.94. The van der Waals surface area contributed by atoms with E-state index >= 15 is 0 Å². The van der Waals surface area contributed by atoms with Gasteiger partial charge in [0, 0.05) is 0 Å². The fourth-order valence-electron chi connectivity index (χ4n) is 3.26. The molecule has 0 saturated heterocycles. The molecule has 0 unspecified atom stereocenters. The quantitative estimate of drug-likeness (QED) is 0.707. The summed E-state index contributed by atoms with van der Waals surface area (Å²) in [5.74, 6) is 0.905. The molecule has 9 heteroatoms. The van der Waals surface area contributed by atoms with Crippen LogP contribution in [0.15, 0.2) is 45.2 Å². The zero-order chi connectivity index (χ0) is 21.1. The highest BCUT2D eigenvalue weighted by Gasteiger charge is 2.42. The fourth-order valence-corrected chi connectivity index (χ4v) is 4.17. The summed E-state index contributed by atoms with van der Waals surface area (Å²) in [6, 6.07) is 6.91. The van der Waals surface area contributed by atoms with Gasteiger partial charge in [-0.15, -0.1) is 0 Å². The first-order valence-electron chi connectivity index (χ1n) is 9.10. The summed E-state index contributed by atoms with van der Waals surface area (Å²) in [7, 11) is 1.56. The largest absolute Gasteiger partial charge is 0.493 e. The Morgan fingerprint density at radius 3 is 2.72 bits per heavy atom. The summed E-state index contributed by atoms with van der Waals surface area (Å²) in [6.45, 7) is 6.06. The number of ether oxygens (including phenoxy) is 3. The van der Waals surface area contributed by atoms with E-state index in [1.807, 2.05) is 19.1 Å². The molecule has 2 N–H and O–H groups in total. The van der Waals surface area contributed by atoms with Crippen LogP contribution in [-0.2, 0) is 9.53 Å². The van der Waals surface area contributed by atoms with E-state index in [1.54, 1.807) is 31.9 Å². The van der Waals surface area contributed by atoms with Crippen LogP contribution in [0.2, 0.25) is 0 Å². The minimum atomic E-state index is -0.606. The van der Waals surface area contributed by atoms with E-state index in [9.17, 15) is 10.1 Å². The van der Waals surface area contributed by atoms with Gasteiger partial charge >= 0.3 is 5.97 Å². The van der Waals surface area contributed by atoms with Crippen molar-refractivity contribution in [3.63, 3.8) is 0 Å². The monoisotopic (exact) mass is 414 g/mol. The number of esters is 1. The fraction of sp³-hybridized carbons (Fsp3) is 0.350. The summed E-state index contributed by atoms with van der Waals surface area (Å²) in [5, 5.41) is 9.96. The molecule has 0 aliphatic carbocycles. The first kappa shape index (κ1) is 20.6. The number of fused-ring (bicyclic) bond motifs is 1. The third-order valence-corrected chi connectivity index (χ3v) is 5.45. The summed E-state index contributed by atoms with van der Waals surface area (Å²) >= 11 is 1.18. The minimum Gasteiger partial charge on any atom is -0.493 e. The maximum absolute atomic E-state index is 12.8. The van der Waals surface area contributed by atoms with Crippen molar-refractivity contribution >= 4 is 22.9 Å². The SMILES string of the molecule is CCOC(=O)C1=C(C)N=C2SC(C#N)=C(N)N2[C@@H]1c1ccc(OC)c(OCC)c1. The highest BCUT2D eigenvalue weighted by Crippen LogP contribution is 2.46. The lowest BCUT2D eigenvalue weighted by molar-refractivity contribution is -0.139. The Hall–Kier alpha value is -3.12.